The Labute approximate surface area is 188 Å². The minimum Gasteiger partial charge on any atom is -0.390 e. The lowest BCUT2D eigenvalue weighted by Gasteiger charge is -2.42. The minimum absolute atomic E-state index is 0.486. The zero-order valence-corrected chi connectivity index (χ0v) is 21.2. The van der Waals surface area contributed by atoms with E-state index in [1.54, 1.807) is 5.57 Å². The van der Waals surface area contributed by atoms with Gasteiger partial charge in [0.25, 0.3) is 0 Å². The van der Waals surface area contributed by atoms with Crippen LogP contribution in [0.4, 0.5) is 0 Å². The molecule has 0 radical (unpaired) electrons. The molecule has 0 aromatic heterocycles. The summed E-state index contributed by atoms with van der Waals surface area (Å²) in [6.45, 7) is 20.0. The largest absolute Gasteiger partial charge is 0.390 e. The van der Waals surface area contributed by atoms with Crippen LogP contribution in [0.1, 0.15) is 113 Å². The van der Waals surface area contributed by atoms with Crippen LogP contribution in [0, 0.1) is 29.1 Å². The molecule has 2 rings (SSSR count). The highest BCUT2D eigenvalue weighted by molar-refractivity contribution is 5.35. The first-order valence-corrected chi connectivity index (χ1v) is 12.7. The van der Waals surface area contributed by atoms with E-state index in [1.165, 1.54) is 56.1 Å². The highest BCUT2D eigenvalue weighted by Gasteiger charge is 2.48. The molecule has 2 saturated carbocycles. The van der Waals surface area contributed by atoms with Crippen LogP contribution in [0.15, 0.2) is 35.5 Å². The van der Waals surface area contributed by atoms with Gasteiger partial charge in [0.2, 0.25) is 0 Å². The Balaban J connectivity index is 2.10. The number of unbranched alkanes of at least 4 members (excludes halogenated alkanes) is 1. The Bertz CT molecular complexity index is 627. The van der Waals surface area contributed by atoms with Crippen molar-refractivity contribution in [1.29, 1.82) is 0 Å². The van der Waals surface area contributed by atoms with E-state index in [0.717, 1.165) is 31.1 Å². The van der Waals surface area contributed by atoms with E-state index in [0.29, 0.717) is 17.3 Å². The lowest BCUT2D eigenvalue weighted by molar-refractivity contribution is 0.0660. The fraction of sp³-hybridized carbons (Fsp3) is 0.793. The first-order chi connectivity index (χ1) is 13.9. The third-order valence-electron chi connectivity index (χ3n) is 7.99. The minimum atomic E-state index is -0.511. The van der Waals surface area contributed by atoms with Crippen molar-refractivity contribution in [3.05, 3.63) is 35.5 Å². The van der Waals surface area contributed by atoms with Gasteiger partial charge in [0, 0.05) is 0 Å². The van der Waals surface area contributed by atoms with Gasteiger partial charge in [-0.25, -0.2) is 0 Å². The lowest BCUT2D eigenvalue weighted by atomic mass is 9.62. The van der Waals surface area contributed by atoms with Crippen molar-refractivity contribution in [3.8, 4) is 0 Å². The van der Waals surface area contributed by atoms with Crippen molar-refractivity contribution in [2.75, 3.05) is 0 Å². The van der Waals surface area contributed by atoms with Crippen LogP contribution < -0.4 is 0 Å². The first-order valence-electron chi connectivity index (χ1n) is 12.7. The zero-order valence-electron chi connectivity index (χ0n) is 21.2. The van der Waals surface area contributed by atoms with Crippen molar-refractivity contribution in [1.82, 2.24) is 0 Å². The summed E-state index contributed by atoms with van der Waals surface area (Å²) in [5, 5.41) is 9.99. The van der Waals surface area contributed by atoms with Gasteiger partial charge in [0.05, 0.1) is 5.60 Å². The Kier molecular flexibility index (Phi) is 9.04. The average molecular weight is 415 g/mol. The summed E-state index contributed by atoms with van der Waals surface area (Å²) < 4.78 is 0. The Morgan fingerprint density at radius 1 is 1.20 bits per heavy atom. The van der Waals surface area contributed by atoms with Gasteiger partial charge in [-0.1, -0.05) is 71.8 Å². The standard InChI is InChI=1S/C29H50O/c1-21(2)20-25(23(5)22(3)4)15-14-24-12-11-19-29(8)26(16-17-27(24)29)13-9-10-18-28(6,7)30/h14-15,21-22,26-27,30H,5,9-13,16-20H2,1-4,6-8H3/b24-14+,25-15-. The molecule has 2 fully saturated rings. The van der Waals surface area contributed by atoms with Gasteiger partial charge >= 0.3 is 0 Å². The van der Waals surface area contributed by atoms with Crippen LogP contribution in [0.2, 0.25) is 0 Å². The molecule has 1 heteroatoms. The maximum atomic E-state index is 9.99. The molecule has 0 aliphatic heterocycles. The fourth-order valence-electron chi connectivity index (χ4n) is 6.09. The molecule has 2 aliphatic carbocycles. The molecular weight excluding hydrogens is 364 g/mol. The summed E-state index contributed by atoms with van der Waals surface area (Å²) in [5.41, 5.74) is 4.46. The van der Waals surface area contributed by atoms with E-state index in [9.17, 15) is 5.11 Å². The lowest BCUT2D eigenvalue weighted by Crippen LogP contribution is -2.33. The van der Waals surface area contributed by atoms with Gasteiger partial charge in [0.1, 0.15) is 0 Å². The monoisotopic (exact) mass is 414 g/mol. The topological polar surface area (TPSA) is 20.2 Å². The van der Waals surface area contributed by atoms with Crippen LogP contribution in [0.3, 0.4) is 0 Å². The van der Waals surface area contributed by atoms with Gasteiger partial charge < -0.3 is 5.11 Å². The number of aliphatic hydroxyl groups is 1. The van der Waals surface area contributed by atoms with Gasteiger partial charge in [0.15, 0.2) is 0 Å². The Morgan fingerprint density at radius 3 is 2.50 bits per heavy atom. The third kappa shape index (κ3) is 6.84. The van der Waals surface area contributed by atoms with E-state index < -0.39 is 5.60 Å². The maximum absolute atomic E-state index is 9.99. The molecule has 0 saturated heterocycles. The van der Waals surface area contributed by atoms with Crippen LogP contribution >= 0.6 is 0 Å². The predicted octanol–water partition coefficient (Wildman–Crippen LogP) is 8.65. The molecule has 0 spiro atoms. The quantitative estimate of drug-likeness (QED) is 0.280. The van der Waals surface area contributed by atoms with E-state index in [-0.39, 0.29) is 0 Å². The first kappa shape index (κ1) is 25.4. The predicted molar refractivity (Wildman–Crippen MR) is 133 cm³/mol. The van der Waals surface area contributed by atoms with E-state index in [4.69, 9.17) is 0 Å². The molecule has 172 valence electrons. The van der Waals surface area contributed by atoms with Gasteiger partial charge in [-0.2, -0.15) is 0 Å². The van der Waals surface area contributed by atoms with Crippen molar-refractivity contribution in [2.45, 2.75) is 118 Å². The molecule has 0 bridgehead atoms. The van der Waals surface area contributed by atoms with Gasteiger partial charge in [-0.3, -0.25) is 0 Å². The summed E-state index contributed by atoms with van der Waals surface area (Å²) in [7, 11) is 0. The number of allylic oxidation sites excluding steroid dienone is 5. The van der Waals surface area contributed by atoms with E-state index in [1.807, 2.05) is 13.8 Å². The summed E-state index contributed by atoms with van der Waals surface area (Å²) >= 11 is 0. The van der Waals surface area contributed by atoms with Crippen LogP contribution in [0.25, 0.3) is 0 Å². The van der Waals surface area contributed by atoms with E-state index in [2.05, 4.69) is 53.3 Å². The number of rotatable bonds is 10. The number of hydrogen-bond acceptors (Lipinski definition) is 1. The molecule has 1 nitrogen and oxygen atoms in total. The molecule has 1 N–H and O–H groups in total. The number of hydrogen-bond donors (Lipinski definition) is 1. The van der Waals surface area contributed by atoms with E-state index >= 15 is 0 Å². The highest BCUT2D eigenvalue weighted by Crippen LogP contribution is 2.58. The SMILES string of the molecule is C=C(/C(=C\C=C1/CCCC2(C)C(CCCCC(C)(C)O)CCC12)CC(C)C)C(C)C. The molecule has 3 unspecified atom stereocenters. The van der Waals surface area contributed by atoms with Gasteiger partial charge in [-0.15, -0.1) is 0 Å². The van der Waals surface area contributed by atoms with Crippen LogP contribution in [0.5, 0.6) is 0 Å². The third-order valence-corrected chi connectivity index (χ3v) is 7.99. The average Bonchev–Trinajstić information content (AvgIpc) is 2.97. The normalized spacial score (nSPS) is 29.1. The van der Waals surface area contributed by atoms with Gasteiger partial charge in [-0.05, 0) is 105 Å². The van der Waals surface area contributed by atoms with Crippen molar-refractivity contribution in [2.24, 2.45) is 29.1 Å². The molecule has 0 heterocycles. The molecule has 0 amide bonds. The summed E-state index contributed by atoms with van der Waals surface area (Å²) in [5.74, 6) is 2.82. The smallest absolute Gasteiger partial charge is 0.0591 e. The van der Waals surface area contributed by atoms with Crippen LogP contribution in [-0.4, -0.2) is 10.7 Å². The second-order valence-corrected chi connectivity index (χ2v) is 12.0. The van der Waals surface area contributed by atoms with Crippen molar-refractivity contribution < 1.29 is 5.11 Å². The number of fused-ring (bicyclic) bond motifs is 1. The van der Waals surface area contributed by atoms with Crippen molar-refractivity contribution >= 4 is 0 Å². The Hall–Kier alpha value is -0.820. The second kappa shape index (κ2) is 10.7. The Morgan fingerprint density at radius 2 is 1.90 bits per heavy atom. The molecular formula is C29H50O. The summed E-state index contributed by atoms with van der Waals surface area (Å²) in [6, 6.07) is 0. The zero-order chi connectivity index (χ0) is 22.5. The van der Waals surface area contributed by atoms with Crippen molar-refractivity contribution in [3.63, 3.8) is 0 Å². The molecule has 0 aromatic rings. The summed E-state index contributed by atoms with van der Waals surface area (Å²) in [4.78, 5) is 0. The molecule has 3 atom stereocenters. The second-order valence-electron chi connectivity index (χ2n) is 12.0. The molecule has 0 aromatic carbocycles. The van der Waals surface area contributed by atoms with Crippen LogP contribution in [-0.2, 0) is 0 Å². The maximum Gasteiger partial charge on any atom is 0.0591 e. The highest BCUT2D eigenvalue weighted by atomic mass is 16.3. The molecule has 2 aliphatic rings. The molecule has 30 heavy (non-hydrogen) atoms. The summed E-state index contributed by atoms with van der Waals surface area (Å²) in [6.07, 6.45) is 17.5. The fourth-order valence-corrected chi connectivity index (χ4v) is 6.09.